The van der Waals surface area contributed by atoms with E-state index in [0.717, 1.165) is 49.1 Å². The summed E-state index contributed by atoms with van der Waals surface area (Å²) in [7, 11) is 0. The molecule has 2 aliphatic heterocycles. The maximum atomic E-state index is 12.9. The number of rotatable bonds is 4. The normalized spacial score (nSPS) is 17.5. The fraction of sp³-hybridized carbons (Fsp3) is 0.444. The van der Waals surface area contributed by atoms with Gasteiger partial charge in [0.1, 0.15) is 22.5 Å². The Morgan fingerprint density at radius 1 is 1.05 bits per heavy atom. The van der Waals surface area contributed by atoms with Crippen LogP contribution in [0.3, 0.4) is 0 Å². The van der Waals surface area contributed by atoms with Gasteiger partial charge in [-0.2, -0.15) is 18.4 Å². The van der Waals surface area contributed by atoms with Gasteiger partial charge in [-0.3, -0.25) is 4.79 Å². The van der Waals surface area contributed by atoms with E-state index in [0.29, 0.717) is 43.0 Å². The molecule has 0 unspecified atom stereocenters. The van der Waals surface area contributed by atoms with Crippen LogP contribution in [-0.2, 0) is 10.2 Å². The number of aromatic nitrogens is 3. The summed E-state index contributed by atoms with van der Waals surface area (Å²) < 4.78 is 72.7. The van der Waals surface area contributed by atoms with Gasteiger partial charge in [-0.05, 0) is 80.6 Å². The van der Waals surface area contributed by atoms with Gasteiger partial charge < -0.3 is 25.0 Å². The standard InChI is InChI=1S/C25H25F3N6O2.C2HF3O2/c26-25(27,28)36-18-3-1-17(2-4-18)22(35)34-13-6-16(7-14-34)19-5-10-31-21-20(19)32-23(33-21)24(15-29)8-11-30-12-9-24;3-2(4,5)1(6)7/h1-5,10,16,30H,6-9,11-14H2,(H,31,32,33);(H,6,7). The van der Waals surface area contributed by atoms with Gasteiger partial charge in [0.15, 0.2) is 5.65 Å². The van der Waals surface area contributed by atoms with Gasteiger partial charge in [0.25, 0.3) is 5.91 Å². The van der Waals surface area contributed by atoms with Crippen molar-refractivity contribution in [3.05, 3.63) is 53.5 Å². The molecule has 2 aliphatic rings. The van der Waals surface area contributed by atoms with Crippen molar-refractivity contribution in [1.29, 1.82) is 5.26 Å². The second kappa shape index (κ2) is 12.5. The molecular formula is C27H26F6N6O4. The fourth-order valence-electron chi connectivity index (χ4n) is 5.12. The Balaban J connectivity index is 0.000000541. The second-order valence-electron chi connectivity index (χ2n) is 10.1. The lowest BCUT2D eigenvalue weighted by Gasteiger charge is -2.32. The lowest BCUT2D eigenvalue weighted by Crippen LogP contribution is -2.39. The molecule has 3 N–H and O–H groups in total. The number of hydrogen-bond acceptors (Lipinski definition) is 7. The molecule has 16 heteroatoms. The van der Waals surface area contributed by atoms with Crippen LogP contribution in [0.1, 0.15) is 53.3 Å². The Morgan fingerprint density at radius 2 is 1.65 bits per heavy atom. The third-order valence-corrected chi connectivity index (χ3v) is 7.34. The number of imidazole rings is 1. The number of ether oxygens (including phenoxy) is 1. The number of amides is 1. The van der Waals surface area contributed by atoms with E-state index in [9.17, 15) is 36.4 Å². The number of fused-ring (bicyclic) bond motifs is 1. The number of nitriles is 1. The van der Waals surface area contributed by atoms with Crippen molar-refractivity contribution in [2.24, 2.45) is 0 Å². The van der Waals surface area contributed by atoms with E-state index in [-0.39, 0.29) is 17.6 Å². The molecule has 0 saturated carbocycles. The zero-order valence-corrected chi connectivity index (χ0v) is 22.4. The minimum absolute atomic E-state index is 0.171. The minimum atomic E-state index is -5.08. The van der Waals surface area contributed by atoms with Crippen LogP contribution in [-0.4, -0.2) is 75.6 Å². The van der Waals surface area contributed by atoms with Crippen molar-refractivity contribution in [1.82, 2.24) is 25.2 Å². The monoisotopic (exact) mass is 612 g/mol. The summed E-state index contributed by atoms with van der Waals surface area (Å²) in [6.45, 7) is 2.54. The largest absolute Gasteiger partial charge is 0.573 e. The topological polar surface area (TPSA) is 144 Å². The van der Waals surface area contributed by atoms with E-state index < -0.39 is 23.9 Å². The first kappa shape index (κ1) is 31.5. The van der Waals surface area contributed by atoms with Crippen LogP contribution in [0.2, 0.25) is 0 Å². The third kappa shape index (κ3) is 7.53. The zero-order chi connectivity index (χ0) is 31.4. The fourth-order valence-corrected chi connectivity index (χ4v) is 5.12. The van der Waals surface area contributed by atoms with E-state index >= 15 is 0 Å². The van der Waals surface area contributed by atoms with Gasteiger partial charge in [0.2, 0.25) is 0 Å². The van der Waals surface area contributed by atoms with Gasteiger partial charge in [0, 0.05) is 24.8 Å². The number of carboxylic acid groups (broad SMARTS) is 1. The van der Waals surface area contributed by atoms with Crippen molar-refractivity contribution in [3.8, 4) is 11.8 Å². The number of nitrogens with one attached hydrogen (secondary N) is 2. The Morgan fingerprint density at radius 3 is 2.19 bits per heavy atom. The number of hydrogen-bond donors (Lipinski definition) is 3. The summed E-state index contributed by atoms with van der Waals surface area (Å²) in [6.07, 6.45) is -5.32. The van der Waals surface area contributed by atoms with Crippen LogP contribution in [0.25, 0.3) is 11.2 Å². The highest BCUT2D eigenvalue weighted by atomic mass is 19.4. The van der Waals surface area contributed by atoms with E-state index in [2.05, 4.69) is 26.1 Å². The Labute approximate surface area is 240 Å². The van der Waals surface area contributed by atoms with E-state index in [4.69, 9.17) is 14.9 Å². The SMILES string of the molecule is N#CC1(c2nc3c(C4CCN(C(=O)c5ccc(OC(F)(F)F)cc5)CC4)ccnc3[nH]2)CCNCC1.O=C(O)C(F)(F)F. The van der Waals surface area contributed by atoms with E-state index in [1.807, 2.05) is 6.07 Å². The second-order valence-corrected chi connectivity index (χ2v) is 10.1. The van der Waals surface area contributed by atoms with Crippen LogP contribution >= 0.6 is 0 Å². The number of benzene rings is 1. The molecule has 43 heavy (non-hydrogen) atoms. The molecule has 0 aliphatic carbocycles. The summed E-state index contributed by atoms with van der Waals surface area (Å²) in [5.74, 6) is -2.51. The Bertz CT molecular complexity index is 1480. The van der Waals surface area contributed by atoms with Crippen molar-refractivity contribution in [2.45, 2.75) is 49.6 Å². The molecule has 0 bridgehead atoms. The smallest absolute Gasteiger partial charge is 0.475 e. The van der Waals surface area contributed by atoms with Crippen molar-refractivity contribution in [3.63, 3.8) is 0 Å². The molecule has 0 atom stereocenters. The highest BCUT2D eigenvalue weighted by molar-refractivity contribution is 5.94. The number of halogens is 6. The summed E-state index contributed by atoms with van der Waals surface area (Å²) in [5.41, 5.74) is 2.14. The van der Waals surface area contributed by atoms with Crippen molar-refractivity contribution >= 4 is 23.0 Å². The number of piperidine rings is 2. The molecule has 0 radical (unpaired) electrons. The number of aliphatic carboxylic acids is 1. The highest BCUT2D eigenvalue weighted by Gasteiger charge is 2.39. The molecule has 2 fully saturated rings. The summed E-state index contributed by atoms with van der Waals surface area (Å²) in [5, 5.41) is 20.3. The van der Waals surface area contributed by atoms with Crippen LogP contribution < -0.4 is 10.1 Å². The van der Waals surface area contributed by atoms with Crippen molar-refractivity contribution in [2.75, 3.05) is 26.2 Å². The molecule has 3 aromatic rings. The van der Waals surface area contributed by atoms with E-state index in [1.54, 1.807) is 11.1 Å². The summed E-state index contributed by atoms with van der Waals surface area (Å²) in [6, 6.07) is 9.41. The summed E-state index contributed by atoms with van der Waals surface area (Å²) >= 11 is 0. The minimum Gasteiger partial charge on any atom is -0.475 e. The molecule has 230 valence electrons. The number of aromatic amines is 1. The number of H-pyrrole nitrogens is 1. The Kier molecular flexibility index (Phi) is 9.14. The molecule has 2 saturated heterocycles. The molecule has 0 spiro atoms. The number of nitrogens with zero attached hydrogens (tertiary/aromatic N) is 4. The van der Waals surface area contributed by atoms with Crippen LogP contribution in [0.15, 0.2) is 36.5 Å². The number of carbonyl (C=O) groups excluding carboxylic acids is 1. The molecule has 10 nitrogen and oxygen atoms in total. The first-order chi connectivity index (χ1) is 20.2. The maximum Gasteiger partial charge on any atom is 0.573 e. The van der Waals surface area contributed by atoms with Gasteiger partial charge >= 0.3 is 18.5 Å². The number of likely N-dealkylation sites (tertiary alicyclic amines) is 1. The number of alkyl halides is 6. The lowest BCUT2D eigenvalue weighted by atomic mass is 9.80. The first-order valence-corrected chi connectivity index (χ1v) is 13.1. The number of pyridine rings is 1. The van der Waals surface area contributed by atoms with Crippen molar-refractivity contribution < 1.29 is 45.8 Å². The van der Waals surface area contributed by atoms with Crippen LogP contribution in [0.5, 0.6) is 5.75 Å². The molecular weight excluding hydrogens is 586 g/mol. The zero-order valence-electron chi connectivity index (χ0n) is 22.4. The highest BCUT2D eigenvalue weighted by Crippen LogP contribution is 2.36. The maximum absolute atomic E-state index is 12.9. The number of carbonyl (C=O) groups is 2. The van der Waals surface area contributed by atoms with Gasteiger partial charge in [-0.15, -0.1) is 13.2 Å². The molecule has 2 aromatic heterocycles. The first-order valence-electron chi connectivity index (χ1n) is 13.1. The lowest BCUT2D eigenvalue weighted by molar-refractivity contribution is -0.274. The van der Waals surface area contributed by atoms with E-state index in [1.165, 1.54) is 12.1 Å². The van der Waals surface area contributed by atoms with Gasteiger partial charge in [-0.25, -0.2) is 14.8 Å². The molecule has 1 amide bonds. The number of carboxylic acids is 1. The quantitative estimate of drug-likeness (QED) is 0.361. The third-order valence-electron chi connectivity index (χ3n) is 7.34. The molecule has 5 rings (SSSR count). The average molecular weight is 613 g/mol. The van der Waals surface area contributed by atoms with Crippen LogP contribution in [0.4, 0.5) is 26.3 Å². The summed E-state index contributed by atoms with van der Waals surface area (Å²) in [4.78, 5) is 36.1. The molecule has 1 aromatic carbocycles. The van der Waals surface area contributed by atoms with Crippen LogP contribution in [0, 0.1) is 11.3 Å². The van der Waals surface area contributed by atoms with Gasteiger partial charge in [0.05, 0.1) is 6.07 Å². The molecule has 4 heterocycles. The van der Waals surface area contributed by atoms with Gasteiger partial charge in [-0.1, -0.05) is 0 Å². The average Bonchev–Trinajstić information content (AvgIpc) is 3.42. The Hall–Kier alpha value is -4.39. The predicted octanol–water partition coefficient (Wildman–Crippen LogP) is 4.65. The predicted molar refractivity (Wildman–Crippen MR) is 138 cm³/mol.